The van der Waals surface area contributed by atoms with E-state index in [1.807, 2.05) is 6.92 Å². The molecule has 0 aromatic rings. The monoisotopic (exact) mass is 285 g/mol. The van der Waals surface area contributed by atoms with Crippen LogP contribution < -0.4 is 16.4 Å². The maximum Gasteiger partial charge on any atom is 0.326 e. The third-order valence-corrected chi connectivity index (χ3v) is 3.69. The summed E-state index contributed by atoms with van der Waals surface area (Å²) in [4.78, 5) is 34.4. The fourth-order valence-corrected chi connectivity index (χ4v) is 2.68. The molecule has 0 aromatic heterocycles. The van der Waals surface area contributed by atoms with Gasteiger partial charge in [0.05, 0.1) is 11.8 Å². The summed E-state index contributed by atoms with van der Waals surface area (Å²) in [5, 5.41) is 14.7. The minimum Gasteiger partial charge on any atom is -0.480 e. The Bertz CT molecular complexity index is 372. The summed E-state index contributed by atoms with van der Waals surface area (Å²) in [5.41, 5.74) is 4.43. The minimum atomic E-state index is -1.25. The van der Waals surface area contributed by atoms with Crippen molar-refractivity contribution in [3.8, 4) is 0 Å². The van der Waals surface area contributed by atoms with Crippen molar-refractivity contribution in [2.75, 3.05) is 13.1 Å². The Morgan fingerprint density at radius 1 is 1.45 bits per heavy atom. The highest BCUT2D eigenvalue weighted by Gasteiger charge is 2.40. The normalized spacial score (nSPS) is 23.9. The first-order valence-corrected chi connectivity index (χ1v) is 6.94. The number of nitrogens with two attached hydrogens (primary N) is 1. The number of carboxylic acid groups (broad SMARTS) is 1. The zero-order valence-electron chi connectivity index (χ0n) is 11.8. The largest absolute Gasteiger partial charge is 0.480 e. The van der Waals surface area contributed by atoms with E-state index in [2.05, 4.69) is 10.6 Å². The van der Waals surface area contributed by atoms with Crippen molar-refractivity contribution in [3.05, 3.63) is 0 Å². The highest BCUT2D eigenvalue weighted by atomic mass is 16.4. The third-order valence-electron chi connectivity index (χ3n) is 3.69. The van der Waals surface area contributed by atoms with Crippen molar-refractivity contribution < 1.29 is 19.5 Å². The van der Waals surface area contributed by atoms with Crippen LogP contribution in [0.2, 0.25) is 0 Å². The number of piperidine rings is 1. The summed E-state index contributed by atoms with van der Waals surface area (Å²) in [5.74, 6) is -2.29. The third kappa shape index (κ3) is 4.19. The van der Waals surface area contributed by atoms with Gasteiger partial charge in [-0.15, -0.1) is 0 Å². The molecule has 114 valence electrons. The van der Waals surface area contributed by atoms with Gasteiger partial charge in [0.25, 0.3) is 0 Å². The van der Waals surface area contributed by atoms with Crippen LogP contribution in [0, 0.1) is 5.41 Å². The Labute approximate surface area is 118 Å². The number of hydrogen-bond donors (Lipinski definition) is 4. The van der Waals surface area contributed by atoms with Crippen LogP contribution >= 0.6 is 0 Å². The fraction of sp³-hybridized carbons (Fsp3) is 0.769. The van der Waals surface area contributed by atoms with E-state index in [0.29, 0.717) is 13.0 Å². The Balaban J connectivity index is 2.78. The van der Waals surface area contributed by atoms with E-state index in [4.69, 9.17) is 10.8 Å². The molecular formula is C13H23N3O4. The second-order valence-corrected chi connectivity index (χ2v) is 5.35. The average molecular weight is 285 g/mol. The molecule has 20 heavy (non-hydrogen) atoms. The Hall–Kier alpha value is -1.63. The number of amides is 2. The molecule has 2 atom stereocenters. The predicted molar refractivity (Wildman–Crippen MR) is 72.8 cm³/mol. The molecule has 7 heteroatoms. The summed E-state index contributed by atoms with van der Waals surface area (Å²) in [6.45, 7) is 3.39. The molecule has 2 amide bonds. The van der Waals surface area contributed by atoms with Crippen LogP contribution in [0.4, 0.5) is 0 Å². The highest BCUT2D eigenvalue weighted by molar-refractivity contribution is 5.90. The van der Waals surface area contributed by atoms with Crippen molar-refractivity contribution in [2.24, 2.45) is 11.1 Å². The number of carbonyl (C=O) groups excluding carboxylic acids is 2. The summed E-state index contributed by atoms with van der Waals surface area (Å²) >= 11 is 0. The van der Waals surface area contributed by atoms with Crippen molar-refractivity contribution in [3.63, 3.8) is 0 Å². The maximum atomic E-state index is 12.4. The van der Waals surface area contributed by atoms with Crippen LogP contribution in [-0.4, -0.2) is 42.0 Å². The van der Waals surface area contributed by atoms with Gasteiger partial charge in [0.2, 0.25) is 11.8 Å². The Morgan fingerprint density at radius 2 is 2.15 bits per heavy atom. The molecule has 5 N–H and O–H groups in total. The topological polar surface area (TPSA) is 122 Å². The highest BCUT2D eigenvalue weighted by Crippen LogP contribution is 2.32. The lowest BCUT2D eigenvalue weighted by Crippen LogP contribution is -2.54. The lowest BCUT2D eigenvalue weighted by atomic mass is 9.76. The van der Waals surface area contributed by atoms with Crippen LogP contribution in [0.25, 0.3) is 0 Å². The molecule has 0 aliphatic carbocycles. The standard InChI is InChI=1S/C13H23N3O4/c1-2-4-13(5-3-6-15-8-13)12(20)16-9(11(18)19)7-10(14)17/h9,15H,2-8H2,1H3,(H2,14,17)(H,16,20)(H,18,19)/t9-,13?/m0/s1. The summed E-state index contributed by atoms with van der Waals surface area (Å²) in [6, 6.07) is -1.25. The van der Waals surface area contributed by atoms with Gasteiger partial charge in [-0.3, -0.25) is 9.59 Å². The van der Waals surface area contributed by atoms with E-state index in [-0.39, 0.29) is 5.91 Å². The van der Waals surface area contributed by atoms with E-state index in [1.165, 1.54) is 0 Å². The van der Waals surface area contributed by atoms with Gasteiger partial charge in [-0.1, -0.05) is 13.3 Å². The maximum absolute atomic E-state index is 12.4. The van der Waals surface area contributed by atoms with Crippen LogP contribution in [0.1, 0.15) is 39.0 Å². The van der Waals surface area contributed by atoms with Gasteiger partial charge in [0, 0.05) is 6.54 Å². The molecule has 1 unspecified atom stereocenters. The van der Waals surface area contributed by atoms with E-state index >= 15 is 0 Å². The molecule has 0 aromatic carbocycles. The average Bonchev–Trinajstić information content (AvgIpc) is 2.38. The number of carboxylic acids is 1. The van der Waals surface area contributed by atoms with Gasteiger partial charge >= 0.3 is 5.97 Å². The molecule has 1 fully saturated rings. The molecule has 0 spiro atoms. The predicted octanol–water partition coefficient (Wildman–Crippen LogP) is -0.399. The number of rotatable bonds is 7. The van der Waals surface area contributed by atoms with E-state index < -0.39 is 29.8 Å². The zero-order chi connectivity index (χ0) is 15.2. The molecule has 0 bridgehead atoms. The molecular weight excluding hydrogens is 262 g/mol. The van der Waals surface area contributed by atoms with Crippen molar-refractivity contribution in [2.45, 2.75) is 45.1 Å². The molecule has 1 saturated heterocycles. The van der Waals surface area contributed by atoms with Crippen molar-refractivity contribution in [1.82, 2.24) is 10.6 Å². The van der Waals surface area contributed by atoms with Crippen LogP contribution in [0.15, 0.2) is 0 Å². The van der Waals surface area contributed by atoms with Gasteiger partial charge in [0.1, 0.15) is 6.04 Å². The van der Waals surface area contributed by atoms with E-state index in [9.17, 15) is 14.4 Å². The molecule has 1 aliphatic rings. The quantitative estimate of drug-likeness (QED) is 0.507. The first-order chi connectivity index (χ1) is 9.41. The number of aliphatic carboxylic acids is 1. The van der Waals surface area contributed by atoms with Gasteiger partial charge in [-0.2, -0.15) is 0 Å². The Kier molecular flexibility index (Phi) is 5.94. The minimum absolute atomic E-state index is 0.305. The first kappa shape index (κ1) is 16.4. The van der Waals surface area contributed by atoms with Crippen molar-refractivity contribution >= 4 is 17.8 Å². The number of primary amides is 1. The molecule has 0 saturated carbocycles. The molecule has 1 heterocycles. The molecule has 7 nitrogen and oxygen atoms in total. The SMILES string of the molecule is CCCC1(C(=O)N[C@@H](CC(N)=O)C(=O)O)CCCNC1. The van der Waals surface area contributed by atoms with E-state index in [1.54, 1.807) is 0 Å². The molecule has 0 radical (unpaired) electrons. The van der Waals surface area contributed by atoms with Gasteiger partial charge in [-0.25, -0.2) is 4.79 Å². The van der Waals surface area contributed by atoms with Gasteiger partial charge in [-0.05, 0) is 25.8 Å². The lowest BCUT2D eigenvalue weighted by Gasteiger charge is -2.36. The smallest absolute Gasteiger partial charge is 0.326 e. The lowest BCUT2D eigenvalue weighted by molar-refractivity contribution is -0.145. The van der Waals surface area contributed by atoms with Crippen molar-refractivity contribution in [1.29, 1.82) is 0 Å². The second-order valence-electron chi connectivity index (χ2n) is 5.35. The van der Waals surface area contributed by atoms with Crippen LogP contribution in [0.3, 0.4) is 0 Å². The van der Waals surface area contributed by atoms with Crippen LogP contribution in [-0.2, 0) is 14.4 Å². The molecule has 1 aliphatic heterocycles. The Morgan fingerprint density at radius 3 is 2.60 bits per heavy atom. The summed E-state index contributed by atoms with van der Waals surface area (Å²) in [7, 11) is 0. The summed E-state index contributed by atoms with van der Waals surface area (Å²) < 4.78 is 0. The number of carbonyl (C=O) groups is 3. The van der Waals surface area contributed by atoms with Gasteiger partial charge < -0.3 is 21.5 Å². The zero-order valence-corrected chi connectivity index (χ0v) is 11.8. The van der Waals surface area contributed by atoms with Crippen LogP contribution in [0.5, 0.6) is 0 Å². The van der Waals surface area contributed by atoms with E-state index in [0.717, 1.165) is 25.8 Å². The number of nitrogens with one attached hydrogen (secondary N) is 2. The first-order valence-electron chi connectivity index (χ1n) is 6.94. The second kappa shape index (κ2) is 7.23. The number of hydrogen-bond acceptors (Lipinski definition) is 4. The fourth-order valence-electron chi connectivity index (χ4n) is 2.68. The summed E-state index contributed by atoms with van der Waals surface area (Å²) in [6.07, 6.45) is 2.73. The van der Waals surface area contributed by atoms with Gasteiger partial charge in [0.15, 0.2) is 0 Å². The molecule has 1 rings (SSSR count).